The normalized spacial score (nSPS) is 27.9. The van der Waals surface area contributed by atoms with Gasteiger partial charge in [0.25, 0.3) is 0 Å². The first kappa shape index (κ1) is 9.65. The maximum Gasteiger partial charge on any atom is 0.136 e. The lowest BCUT2D eigenvalue weighted by atomic mass is 9.92. The summed E-state index contributed by atoms with van der Waals surface area (Å²) in [5.74, 6) is 1.76. The van der Waals surface area contributed by atoms with Crippen LogP contribution in [0.4, 0.5) is 0 Å². The van der Waals surface area contributed by atoms with Crippen molar-refractivity contribution in [2.24, 2.45) is 0 Å². The summed E-state index contributed by atoms with van der Waals surface area (Å²) in [4.78, 5) is 0. The molecule has 0 aromatic carbocycles. The van der Waals surface area contributed by atoms with Crippen molar-refractivity contribution < 1.29 is 0 Å². The van der Waals surface area contributed by atoms with Crippen molar-refractivity contribution in [1.29, 1.82) is 0 Å². The minimum atomic E-state index is 0.591. The molecule has 2 atom stereocenters. The van der Waals surface area contributed by atoms with Gasteiger partial charge in [0.2, 0.25) is 0 Å². The fourth-order valence-corrected chi connectivity index (χ4v) is 2.19. The van der Waals surface area contributed by atoms with Crippen LogP contribution >= 0.6 is 0 Å². The zero-order chi connectivity index (χ0) is 9.97. The van der Waals surface area contributed by atoms with Crippen LogP contribution in [0.2, 0.25) is 0 Å². The van der Waals surface area contributed by atoms with Crippen LogP contribution in [-0.2, 0) is 6.54 Å². The van der Waals surface area contributed by atoms with E-state index in [0.29, 0.717) is 12.0 Å². The molecule has 14 heavy (non-hydrogen) atoms. The molecule has 1 saturated heterocycles. The van der Waals surface area contributed by atoms with Crippen LogP contribution < -0.4 is 5.32 Å². The van der Waals surface area contributed by atoms with Gasteiger partial charge in [-0.05, 0) is 33.2 Å². The van der Waals surface area contributed by atoms with Gasteiger partial charge in [-0.15, -0.1) is 10.2 Å². The Bertz CT molecular complexity index is 294. The van der Waals surface area contributed by atoms with Crippen molar-refractivity contribution in [2.75, 3.05) is 6.54 Å². The number of aromatic nitrogens is 3. The lowest BCUT2D eigenvalue weighted by Crippen LogP contribution is -2.35. The summed E-state index contributed by atoms with van der Waals surface area (Å²) >= 11 is 0. The second kappa shape index (κ2) is 4.09. The maximum absolute atomic E-state index is 4.23. The third-order valence-corrected chi connectivity index (χ3v) is 2.97. The standard InChI is InChI=1S/C10H18N4/c1-3-14-7-12-13-10(14)9-4-5-11-8(2)6-9/h7-9,11H,3-6H2,1-2H3. The summed E-state index contributed by atoms with van der Waals surface area (Å²) in [7, 11) is 0. The molecule has 0 bridgehead atoms. The second-order valence-corrected chi connectivity index (χ2v) is 4.05. The monoisotopic (exact) mass is 194 g/mol. The van der Waals surface area contributed by atoms with Crippen molar-refractivity contribution in [3.05, 3.63) is 12.2 Å². The van der Waals surface area contributed by atoms with E-state index in [1.54, 1.807) is 0 Å². The first-order chi connectivity index (χ1) is 6.81. The van der Waals surface area contributed by atoms with E-state index >= 15 is 0 Å². The molecule has 1 aromatic heterocycles. The van der Waals surface area contributed by atoms with Gasteiger partial charge in [0.15, 0.2) is 0 Å². The highest BCUT2D eigenvalue weighted by atomic mass is 15.3. The van der Waals surface area contributed by atoms with Gasteiger partial charge in [0.1, 0.15) is 12.2 Å². The maximum atomic E-state index is 4.23. The van der Waals surface area contributed by atoms with E-state index in [4.69, 9.17) is 0 Å². The van der Waals surface area contributed by atoms with Gasteiger partial charge in [-0.1, -0.05) is 0 Å². The van der Waals surface area contributed by atoms with Gasteiger partial charge in [-0.3, -0.25) is 0 Å². The first-order valence-electron chi connectivity index (χ1n) is 5.42. The summed E-state index contributed by atoms with van der Waals surface area (Å²) < 4.78 is 2.16. The Labute approximate surface area is 84.7 Å². The fourth-order valence-electron chi connectivity index (χ4n) is 2.19. The molecule has 2 unspecified atom stereocenters. The molecular formula is C10H18N4. The van der Waals surface area contributed by atoms with Gasteiger partial charge in [-0.2, -0.15) is 0 Å². The van der Waals surface area contributed by atoms with Crippen molar-refractivity contribution in [3.8, 4) is 0 Å². The Balaban J connectivity index is 2.13. The van der Waals surface area contributed by atoms with Crippen molar-refractivity contribution in [1.82, 2.24) is 20.1 Å². The van der Waals surface area contributed by atoms with Gasteiger partial charge in [-0.25, -0.2) is 0 Å². The van der Waals surface area contributed by atoms with E-state index in [1.807, 2.05) is 6.33 Å². The molecule has 0 radical (unpaired) electrons. The Morgan fingerprint density at radius 3 is 3.21 bits per heavy atom. The third-order valence-electron chi connectivity index (χ3n) is 2.97. The average molecular weight is 194 g/mol. The fraction of sp³-hybridized carbons (Fsp3) is 0.800. The van der Waals surface area contributed by atoms with E-state index in [1.165, 1.54) is 18.7 Å². The van der Waals surface area contributed by atoms with Gasteiger partial charge in [0.05, 0.1) is 0 Å². The smallest absolute Gasteiger partial charge is 0.136 e. The van der Waals surface area contributed by atoms with Gasteiger partial charge < -0.3 is 9.88 Å². The third kappa shape index (κ3) is 1.80. The van der Waals surface area contributed by atoms with Crippen LogP contribution in [0.1, 0.15) is 38.4 Å². The number of hydrogen-bond donors (Lipinski definition) is 1. The van der Waals surface area contributed by atoms with E-state index in [9.17, 15) is 0 Å². The molecule has 0 amide bonds. The number of nitrogens with zero attached hydrogens (tertiary/aromatic N) is 3. The van der Waals surface area contributed by atoms with E-state index in [-0.39, 0.29) is 0 Å². The van der Waals surface area contributed by atoms with Crippen LogP contribution in [-0.4, -0.2) is 27.4 Å². The van der Waals surface area contributed by atoms with E-state index in [2.05, 4.69) is 33.9 Å². The van der Waals surface area contributed by atoms with Gasteiger partial charge in [0, 0.05) is 18.5 Å². The summed E-state index contributed by atoms with van der Waals surface area (Å²) in [6.45, 7) is 6.44. The first-order valence-corrected chi connectivity index (χ1v) is 5.42. The Morgan fingerprint density at radius 2 is 2.50 bits per heavy atom. The molecule has 1 aliphatic heterocycles. The quantitative estimate of drug-likeness (QED) is 0.768. The Morgan fingerprint density at radius 1 is 1.64 bits per heavy atom. The number of piperidine rings is 1. The molecule has 2 heterocycles. The molecule has 78 valence electrons. The topological polar surface area (TPSA) is 42.7 Å². The highest BCUT2D eigenvalue weighted by molar-refractivity contribution is 4.99. The summed E-state index contributed by atoms with van der Waals surface area (Å²) in [6, 6.07) is 0.607. The SMILES string of the molecule is CCn1cnnc1C1CCNC(C)C1. The van der Waals surface area contributed by atoms with Crippen LogP contribution in [0.5, 0.6) is 0 Å². The number of nitrogens with one attached hydrogen (secondary N) is 1. The van der Waals surface area contributed by atoms with Crippen molar-refractivity contribution in [2.45, 2.75) is 45.2 Å². The molecule has 1 aromatic rings. The predicted octanol–water partition coefficient (Wildman–Crippen LogP) is 1.15. The Kier molecular flexibility index (Phi) is 2.82. The summed E-state index contributed by atoms with van der Waals surface area (Å²) in [5, 5.41) is 11.7. The van der Waals surface area contributed by atoms with Crippen molar-refractivity contribution in [3.63, 3.8) is 0 Å². The van der Waals surface area contributed by atoms with Crippen LogP contribution in [0.3, 0.4) is 0 Å². The minimum absolute atomic E-state index is 0.591. The molecule has 0 spiro atoms. The molecule has 2 rings (SSSR count). The molecular weight excluding hydrogens is 176 g/mol. The van der Waals surface area contributed by atoms with Crippen LogP contribution in [0.15, 0.2) is 6.33 Å². The predicted molar refractivity (Wildman–Crippen MR) is 55.1 cm³/mol. The largest absolute Gasteiger partial charge is 0.318 e. The molecule has 4 heteroatoms. The molecule has 0 saturated carbocycles. The average Bonchev–Trinajstić information content (AvgIpc) is 2.65. The minimum Gasteiger partial charge on any atom is -0.318 e. The second-order valence-electron chi connectivity index (χ2n) is 4.05. The molecule has 1 aliphatic rings. The molecule has 1 N–H and O–H groups in total. The van der Waals surface area contributed by atoms with Gasteiger partial charge >= 0.3 is 0 Å². The molecule has 4 nitrogen and oxygen atoms in total. The summed E-state index contributed by atoms with van der Waals surface area (Å²) in [6.07, 6.45) is 4.20. The van der Waals surface area contributed by atoms with Crippen LogP contribution in [0.25, 0.3) is 0 Å². The number of rotatable bonds is 2. The summed E-state index contributed by atoms with van der Waals surface area (Å²) in [5.41, 5.74) is 0. The van der Waals surface area contributed by atoms with Crippen LogP contribution in [0, 0.1) is 0 Å². The highest BCUT2D eigenvalue weighted by Crippen LogP contribution is 2.25. The number of hydrogen-bond acceptors (Lipinski definition) is 3. The van der Waals surface area contributed by atoms with E-state index in [0.717, 1.165) is 13.1 Å². The Hall–Kier alpha value is -0.900. The van der Waals surface area contributed by atoms with Crippen molar-refractivity contribution >= 4 is 0 Å². The lowest BCUT2D eigenvalue weighted by molar-refractivity contribution is 0.363. The number of aryl methyl sites for hydroxylation is 1. The molecule has 1 fully saturated rings. The zero-order valence-corrected chi connectivity index (χ0v) is 8.90. The lowest BCUT2D eigenvalue weighted by Gasteiger charge is -2.27. The zero-order valence-electron chi connectivity index (χ0n) is 8.90. The van der Waals surface area contributed by atoms with E-state index < -0.39 is 0 Å². The highest BCUT2D eigenvalue weighted by Gasteiger charge is 2.23. The molecule has 0 aliphatic carbocycles.